The average molecular weight is 158 g/mol. The molecule has 0 aromatic rings. The van der Waals surface area contributed by atoms with Gasteiger partial charge in [0.25, 0.3) is 0 Å². The third kappa shape index (κ3) is 3.21. The Bertz CT molecular complexity index is 128. The SMILES string of the molecule is C[C@H]1C[C@@H](C[N+](C)(C)C)CO1. The van der Waals surface area contributed by atoms with Crippen molar-refractivity contribution in [1.29, 1.82) is 0 Å². The monoisotopic (exact) mass is 158 g/mol. The molecule has 0 bridgehead atoms. The highest BCUT2D eigenvalue weighted by atomic mass is 16.5. The molecule has 0 unspecified atom stereocenters. The summed E-state index contributed by atoms with van der Waals surface area (Å²) in [5.41, 5.74) is 0. The van der Waals surface area contributed by atoms with E-state index in [4.69, 9.17) is 4.74 Å². The zero-order chi connectivity index (χ0) is 8.48. The summed E-state index contributed by atoms with van der Waals surface area (Å²) in [6, 6.07) is 0. The molecule has 1 aliphatic heterocycles. The van der Waals surface area contributed by atoms with Crippen LogP contribution in [-0.4, -0.2) is 44.9 Å². The second kappa shape index (κ2) is 3.11. The molecule has 2 atom stereocenters. The van der Waals surface area contributed by atoms with Gasteiger partial charge in [-0.25, -0.2) is 0 Å². The van der Waals surface area contributed by atoms with E-state index in [9.17, 15) is 0 Å². The highest BCUT2D eigenvalue weighted by Gasteiger charge is 2.26. The lowest BCUT2D eigenvalue weighted by Gasteiger charge is -2.26. The second-order valence-corrected chi connectivity index (χ2v) is 4.72. The Morgan fingerprint density at radius 2 is 2.00 bits per heavy atom. The van der Waals surface area contributed by atoms with Crippen molar-refractivity contribution in [2.24, 2.45) is 5.92 Å². The molecule has 11 heavy (non-hydrogen) atoms. The Kier molecular flexibility index (Phi) is 2.55. The molecule has 1 heterocycles. The van der Waals surface area contributed by atoms with Crippen molar-refractivity contribution in [2.45, 2.75) is 19.4 Å². The first-order valence-electron chi connectivity index (χ1n) is 4.39. The molecule has 0 saturated carbocycles. The van der Waals surface area contributed by atoms with Gasteiger partial charge < -0.3 is 9.22 Å². The summed E-state index contributed by atoms with van der Waals surface area (Å²) in [5.74, 6) is 0.782. The number of hydrogen-bond donors (Lipinski definition) is 0. The van der Waals surface area contributed by atoms with Crippen molar-refractivity contribution in [2.75, 3.05) is 34.3 Å². The van der Waals surface area contributed by atoms with Gasteiger partial charge in [0.1, 0.15) is 0 Å². The highest BCUT2D eigenvalue weighted by molar-refractivity contribution is 4.69. The molecule has 0 amide bonds. The Hall–Kier alpha value is -0.0800. The maximum atomic E-state index is 5.50. The predicted molar refractivity (Wildman–Crippen MR) is 46.4 cm³/mol. The molecule has 0 N–H and O–H groups in total. The minimum atomic E-state index is 0.492. The van der Waals surface area contributed by atoms with Gasteiger partial charge in [0.15, 0.2) is 0 Å². The lowest BCUT2D eigenvalue weighted by Crippen LogP contribution is -2.39. The van der Waals surface area contributed by atoms with Gasteiger partial charge in [-0.15, -0.1) is 0 Å². The van der Waals surface area contributed by atoms with Gasteiger partial charge in [-0.3, -0.25) is 0 Å². The Morgan fingerprint density at radius 1 is 1.36 bits per heavy atom. The summed E-state index contributed by atoms with van der Waals surface area (Å²) in [7, 11) is 6.72. The van der Waals surface area contributed by atoms with E-state index >= 15 is 0 Å². The van der Waals surface area contributed by atoms with Gasteiger partial charge in [-0.2, -0.15) is 0 Å². The van der Waals surface area contributed by atoms with Gasteiger partial charge in [0, 0.05) is 5.92 Å². The van der Waals surface area contributed by atoms with Crippen LogP contribution in [0.25, 0.3) is 0 Å². The van der Waals surface area contributed by atoms with Crippen LogP contribution in [0.4, 0.5) is 0 Å². The molecule has 1 aliphatic rings. The zero-order valence-electron chi connectivity index (χ0n) is 8.13. The summed E-state index contributed by atoms with van der Waals surface area (Å²) in [4.78, 5) is 0. The zero-order valence-corrected chi connectivity index (χ0v) is 8.13. The van der Waals surface area contributed by atoms with E-state index in [-0.39, 0.29) is 0 Å². The van der Waals surface area contributed by atoms with Gasteiger partial charge in [0.2, 0.25) is 0 Å². The van der Waals surface area contributed by atoms with E-state index in [1.807, 2.05) is 0 Å². The van der Waals surface area contributed by atoms with Gasteiger partial charge in [0.05, 0.1) is 40.4 Å². The standard InChI is InChI=1S/C9H20NO/c1-8-5-9(7-11-8)6-10(2,3)4/h8-9H,5-7H2,1-4H3/q+1/t8-,9-/m0/s1. The number of ether oxygens (including phenoxy) is 1. The largest absolute Gasteiger partial charge is 0.378 e. The highest BCUT2D eigenvalue weighted by Crippen LogP contribution is 2.20. The molecule has 1 saturated heterocycles. The van der Waals surface area contributed by atoms with Crippen molar-refractivity contribution >= 4 is 0 Å². The summed E-state index contributed by atoms with van der Waals surface area (Å²) in [5, 5.41) is 0. The van der Waals surface area contributed by atoms with Crippen molar-refractivity contribution in [3.05, 3.63) is 0 Å². The maximum Gasteiger partial charge on any atom is 0.0832 e. The molecule has 1 rings (SSSR count). The van der Waals surface area contributed by atoms with E-state index in [0.717, 1.165) is 17.0 Å². The van der Waals surface area contributed by atoms with Crippen molar-refractivity contribution in [3.63, 3.8) is 0 Å². The topological polar surface area (TPSA) is 9.23 Å². The molecule has 2 nitrogen and oxygen atoms in total. The molecule has 66 valence electrons. The average Bonchev–Trinajstić information content (AvgIpc) is 2.10. The van der Waals surface area contributed by atoms with Gasteiger partial charge in [-0.05, 0) is 13.3 Å². The van der Waals surface area contributed by atoms with Crippen LogP contribution in [0.15, 0.2) is 0 Å². The Labute approximate surface area is 69.7 Å². The normalized spacial score (nSPS) is 32.7. The maximum absolute atomic E-state index is 5.50. The molecular formula is C9H20NO+. The predicted octanol–water partition coefficient (Wildman–Crippen LogP) is 1.12. The minimum absolute atomic E-state index is 0.492. The van der Waals surface area contributed by atoms with E-state index in [1.54, 1.807) is 0 Å². The smallest absolute Gasteiger partial charge is 0.0832 e. The minimum Gasteiger partial charge on any atom is -0.378 e. The summed E-state index contributed by atoms with van der Waals surface area (Å²) < 4.78 is 6.56. The third-order valence-corrected chi connectivity index (χ3v) is 2.09. The fraction of sp³-hybridized carbons (Fsp3) is 1.00. The molecule has 0 aromatic carbocycles. The lowest BCUT2D eigenvalue weighted by atomic mass is 10.1. The number of rotatable bonds is 2. The van der Waals surface area contributed by atoms with Crippen molar-refractivity contribution in [1.82, 2.24) is 0 Å². The summed E-state index contributed by atoms with van der Waals surface area (Å²) in [6.07, 6.45) is 1.74. The van der Waals surface area contributed by atoms with Gasteiger partial charge >= 0.3 is 0 Å². The van der Waals surface area contributed by atoms with Crippen LogP contribution < -0.4 is 0 Å². The van der Waals surface area contributed by atoms with E-state index in [1.165, 1.54) is 13.0 Å². The quantitative estimate of drug-likeness (QED) is 0.547. The first-order valence-corrected chi connectivity index (χ1v) is 4.39. The molecule has 0 aromatic heterocycles. The summed E-state index contributed by atoms with van der Waals surface area (Å²) in [6.45, 7) is 4.37. The van der Waals surface area contributed by atoms with Crippen LogP contribution >= 0.6 is 0 Å². The van der Waals surface area contributed by atoms with Crippen LogP contribution in [-0.2, 0) is 4.74 Å². The fourth-order valence-electron chi connectivity index (χ4n) is 1.81. The van der Waals surface area contributed by atoms with E-state index < -0.39 is 0 Å². The Morgan fingerprint density at radius 3 is 2.36 bits per heavy atom. The number of nitrogens with zero attached hydrogens (tertiary/aromatic N) is 1. The van der Waals surface area contributed by atoms with E-state index in [0.29, 0.717) is 6.10 Å². The van der Waals surface area contributed by atoms with Crippen molar-refractivity contribution in [3.8, 4) is 0 Å². The van der Waals surface area contributed by atoms with Crippen LogP contribution in [0.3, 0.4) is 0 Å². The number of hydrogen-bond acceptors (Lipinski definition) is 1. The first kappa shape index (κ1) is 9.01. The second-order valence-electron chi connectivity index (χ2n) is 4.72. The van der Waals surface area contributed by atoms with Crippen LogP contribution in [0.5, 0.6) is 0 Å². The molecule has 2 heteroatoms. The summed E-state index contributed by atoms with van der Waals surface area (Å²) >= 11 is 0. The molecule has 0 aliphatic carbocycles. The van der Waals surface area contributed by atoms with Crippen molar-refractivity contribution < 1.29 is 9.22 Å². The van der Waals surface area contributed by atoms with Gasteiger partial charge in [-0.1, -0.05) is 0 Å². The fourth-order valence-corrected chi connectivity index (χ4v) is 1.81. The molecule has 1 fully saturated rings. The molecular weight excluding hydrogens is 138 g/mol. The van der Waals surface area contributed by atoms with Crippen LogP contribution in [0.2, 0.25) is 0 Å². The lowest BCUT2D eigenvalue weighted by molar-refractivity contribution is -0.873. The molecule has 0 radical (unpaired) electrons. The van der Waals surface area contributed by atoms with Crippen LogP contribution in [0, 0.1) is 5.92 Å². The third-order valence-electron chi connectivity index (χ3n) is 2.09. The van der Waals surface area contributed by atoms with Crippen LogP contribution in [0.1, 0.15) is 13.3 Å². The Balaban J connectivity index is 2.29. The first-order chi connectivity index (χ1) is 4.97. The van der Waals surface area contributed by atoms with E-state index in [2.05, 4.69) is 28.1 Å². The molecule has 0 spiro atoms. The number of quaternary nitrogens is 1.